The van der Waals surface area contributed by atoms with Crippen LogP contribution in [-0.2, 0) is 13.5 Å². The van der Waals surface area contributed by atoms with E-state index in [9.17, 15) is 0 Å². The normalized spacial score (nSPS) is 20.0. The second-order valence-corrected chi connectivity index (χ2v) is 8.16. The first-order valence-corrected chi connectivity index (χ1v) is 10.0. The first-order valence-electron chi connectivity index (χ1n) is 10.0. The lowest BCUT2D eigenvalue weighted by molar-refractivity contribution is 0.226. The van der Waals surface area contributed by atoms with E-state index in [0.717, 1.165) is 30.5 Å². The first-order chi connectivity index (χ1) is 12.3. The number of hydrogen-bond acceptors (Lipinski definition) is 3. The molecule has 26 heavy (non-hydrogen) atoms. The van der Waals surface area contributed by atoms with E-state index < -0.39 is 0 Å². The summed E-state index contributed by atoms with van der Waals surface area (Å²) >= 11 is 0. The van der Waals surface area contributed by atoms with Gasteiger partial charge in [0, 0.05) is 45.0 Å². The molecule has 0 radical (unpaired) electrons. The minimum absolute atomic E-state index is 0.304. The molecule has 0 aliphatic carbocycles. The number of nitrogens with zero attached hydrogens (tertiary/aromatic N) is 4. The molecule has 148 valence electrons. The summed E-state index contributed by atoms with van der Waals surface area (Å²) in [5, 5.41) is 11.6. The average molecular weight is 363 g/mol. The number of hydrogen-bond donors (Lipinski definition) is 2. The van der Waals surface area contributed by atoms with E-state index in [1.807, 2.05) is 18.8 Å². The number of guanidine groups is 1. The van der Waals surface area contributed by atoms with Gasteiger partial charge in [-0.1, -0.05) is 13.8 Å². The maximum absolute atomic E-state index is 4.52. The summed E-state index contributed by atoms with van der Waals surface area (Å²) in [6, 6.07) is 0.923. The Morgan fingerprint density at radius 1 is 1.31 bits per heavy atom. The smallest absolute Gasteiger partial charge is 0.191 e. The molecule has 0 aromatic carbocycles. The summed E-state index contributed by atoms with van der Waals surface area (Å²) in [5.41, 5.74) is 3.70. The van der Waals surface area contributed by atoms with Gasteiger partial charge in [0.2, 0.25) is 0 Å². The molecule has 2 atom stereocenters. The van der Waals surface area contributed by atoms with Crippen LogP contribution < -0.4 is 10.6 Å². The maximum Gasteiger partial charge on any atom is 0.191 e. The van der Waals surface area contributed by atoms with Gasteiger partial charge in [0.25, 0.3) is 0 Å². The molecule has 2 N–H and O–H groups in total. The van der Waals surface area contributed by atoms with Gasteiger partial charge < -0.3 is 10.6 Å². The van der Waals surface area contributed by atoms with Crippen LogP contribution in [0.3, 0.4) is 0 Å². The van der Waals surface area contributed by atoms with Crippen molar-refractivity contribution in [1.82, 2.24) is 25.3 Å². The number of aromatic nitrogens is 2. The standard InChI is InChI=1S/C20H38N6/c1-14(2)13-26-10-8-9-18(26)12-22-20(21-6)23-15(3)11-19-16(4)24-25(7)17(19)5/h14-15,18H,8-13H2,1-7H3,(H2,21,22,23)/t15?,18-/m1/s1. The van der Waals surface area contributed by atoms with Crippen LogP contribution in [0, 0.1) is 19.8 Å². The third kappa shape index (κ3) is 5.47. The van der Waals surface area contributed by atoms with E-state index in [1.165, 1.54) is 37.2 Å². The molecular weight excluding hydrogens is 324 g/mol. The third-order valence-corrected chi connectivity index (χ3v) is 5.38. The van der Waals surface area contributed by atoms with Gasteiger partial charge in [-0.25, -0.2) is 0 Å². The van der Waals surface area contributed by atoms with Crippen LogP contribution in [0.2, 0.25) is 0 Å². The Hall–Kier alpha value is -1.56. The van der Waals surface area contributed by atoms with Crippen molar-refractivity contribution in [3.05, 3.63) is 17.0 Å². The molecule has 0 spiro atoms. The number of aryl methyl sites for hydroxylation is 2. The highest BCUT2D eigenvalue weighted by Crippen LogP contribution is 2.18. The second kappa shape index (κ2) is 9.40. The average Bonchev–Trinajstić information content (AvgIpc) is 3.10. The lowest BCUT2D eigenvalue weighted by Gasteiger charge is -2.27. The van der Waals surface area contributed by atoms with Crippen LogP contribution in [0.5, 0.6) is 0 Å². The number of nitrogens with one attached hydrogen (secondary N) is 2. The fraction of sp³-hybridized carbons (Fsp3) is 0.800. The van der Waals surface area contributed by atoms with Gasteiger partial charge in [-0.05, 0) is 58.1 Å². The number of rotatable bonds is 7. The molecule has 1 saturated heterocycles. The molecule has 1 aromatic rings. The van der Waals surface area contributed by atoms with Crippen LogP contribution >= 0.6 is 0 Å². The molecule has 1 aliphatic heterocycles. The summed E-state index contributed by atoms with van der Waals surface area (Å²) in [6.07, 6.45) is 3.54. The van der Waals surface area contributed by atoms with E-state index in [-0.39, 0.29) is 0 Å². The van der Waals surface area contributed by atoms with Crippen molar-refractivity contribution in [2.75, 3.05) is 26.7 Å². The van der Waals surface area contributed by atoms with E-state index in [4.69, 9.17) is 0 Å². The van der Waals surface area contributed by atoms with Crippen LogP contribution in [0.1, 0.15) is 50.6 Å². The van der Waals surface area contributed by atoms with Crippen molar-refractivity contribution in [1.29, 1.82) is 0 Å². The zero-order valence-electron chi connectivity index (χ0n) is 17.8. The van der Waals surface area contributed by atoms with Gasteiger partial charge in [0.15, 0.2) is 5.96 Å². The topological polar surface area (TPSA) is 57.5 Å². The molecule has 0 amide bonds. The predicted octanol–water partition coefficient (Wildman–Crippen LogP) is 2.25. The van der Waals surface area contributed by atoms with Gasteiger partial charge in [-0.15, -0.1) is 0 Å². The zero-order valence-corrected chi connectivity index (χ0v) is 17.8. The summed E-state index contributed by atoms with van der Waals surface area (Å²) in [4.78, 5) is 7.04. The molecule has 1 aromatic heterocycles. The Morgan fingerprint density at radius 2 is 2.04 bits per heavy atom. The Labute approximate surface area is 159 Å². The van der Waals surface area contributed by atoms with Gasteiger partial charge in [0.05, 0.1) is 5.69 Å². The third-order valence-electron chi connectivity index (χ3n) is 5.38. The van der Waals surface area contributed by atoms with Crippen LogP contribution in [0.15, 0.2) is 4.99 Å². The minimum atomic E-state index is 0.304. The Balaban J connectivity index is 1.85. The van der Waals surface area contributed by atoms with E-state index in [0.29, 0.717) is 12.1 Å². The van der Waals surface area contributed by atoms with E-state index in [2.05, 4.69) is 60.2 Å². The van der Waals surface area contributed by atoms with E-state index >= 15 is 0 Å². The fourth-order valence-corrected chi connectivity index (χ4v) is 3.95. The van der Waals surface area contributed by atoms with Gasteiger partial charge in [-0.2, -0.15) is 5.10 Å². The number of aliphatic imine (C=N–C) groups is 1. The van der Waals surface area contributed by atoms with Gasteiger partial charge >= 0.3 is 0 Å². The summed E-state index contributed by atoms with van der Waals surface area (Å²) in [6.45, 7) is 14.4. The second-order valence-electron chi connectivity index (χ2n) is 8.16. The van der Waals surface area contributed by atoms with Crippen molar-refractivity contribution in [2.24, 2.45) is 18.0 Å². The van der Waals surface area contributed by atoms with Gasteiger partial charge in [0.1, 0.15) is 0 Å². The minimum Gasteiger partial charge on any atom is -0.355 e. The highest BCUT2D eigenvalue weighted by Gasteiger charge is 2.25. The summed E-state index contributed by atoms with van der Waals surface area (Å²) in [7, 11) is 3.86. The SMILES string of the molecule is CN=C(NC[C@H]1CCCN1CC(C)C)NC(C)Cc1c(C)nn(C)c1C. The molecule has 1 aliphatic rings. The molecule has 1 fully saturated rings. The van der Waals surface area contributed by atoms with Crippen molar-refractivity contribution in [3.63, 3.8) is 0 Å². The Bertz CT molecular complexity index is 604. The van der Waals surface area contributed by atoms with Crippen molar-refractivity contribution in [3.8, 4) is 0 Å². The lowest BCUT2D eigenvalue weighted by atomic mass is 10.1. The molecule has 6 heteroatoms. The van der Waals surface area contributed by atoms with Gasteiger partial charge in [-0.3, -0.25) is 14.6 Å². The lowest BCUT2D eigenvalue weighted by Crippen LogP contribution is -2.48. The zero-order chi connectivity index (χ0) is 19.3. The van der Waals surface area contributed by atoms with Crippen molar-refractivity contribution < 1.29 is 0 Å². The Morgan fingerprint density at radius 3 is 2.62 bits per heavy atom. The Kier molecular flexibility index (Phi) is 7.50. The van der Waals surface area contributed by atoms with Crippen molar-refractivity contribution >= 4 is 5.96 Å². The molecule has 0 bridgehead atoms. The quantitative estimate of drug-likeness (QED) is 0.577. The first kappa shape index (κ1) is 20.7. The highest BCUT2D eigenvalue weighted by atomic mass is 15.3. The monoisotopic (exact) mass is 362 g/mol. The summed E-state index contributed by atoms with van der Waals surface area (Å²) in [5.74, 6) is 1.62. The number of likely N-dealkylation sites (tertiary alicyclic amines) is 1. The molecule has 2 rings (SSSR count). The molecular formula is C20H38N6. The van der Waals surface area contributed by atoms with E-state index in [1.54, 1.807) is 0 Å². The molecule has 6 nitrogen and oxygen atoms in total. The molecule has 1 unspecified atom stereocenters. The maximum atomic E-state index is 4.52. The van der Waals surface area contributed by atoms with Crippen LogP contribution in [0.25, 0.3) is 0 Å². The highest BCUT2D eigenvalue weighted by molar-refractivity contribution is 5.80. The largest absolute Gasteiger partial charge is 0.355 e. The predicted molar refractivity (Wildman–Crippen MR) is 110 cm³/mol. The van der Waals surface area contributed by atoms with Crippen LogP contribution in [-0.4, -0.2) is 59.4 Å². The molecule has 0 saturated carbocycles. The fourth-order valence-electron chi connectivity index (χ4n) is 3.95. The van der Waals surface area contributed by atoms with Crippen LogP contribution in [0.4, 0.5) is 0 Å². The van der Waals surface area contributed by atoms with Crippen molar-refractivity contribution in [2.45, 2.75) is 66.0 Å². The summed E-state index contributed by atoms with van der Waals surface area (Å²) < 4.78 is 1.97. The molecule has 2 heterocycles.